The molecule has 10 heteroatoms. The van der Waals surface area contributed by atoms with Gasteiger partial charge < -0.3 is 10.1 Å². The van der Waals surface area contributed by atoms with Crippen molar-refractivity contribution in [3.63, 3.8) is 0 Å². The third-order valence-corrected chi connectivity index (χ3v) is 5.78. The summed E-state index contributed by atoms with van der Waals surface area (Å²) in [5.41, 5.74) is 1.37. The van der Waals surface area contributed by atoms with Crippen LogP contribution in [0.1, 0.15) is 5.56 Å². The number of amides is 1. The highest BCUT2D eigenvalue weighted by molar-refractivity contribution is 7.07. The Hall–Kier alpha value is -4.18. The van der Waals surface area contributed by atoms with E-state index in [4.69, 9.17) is 4.74 Å². The molecule has 5 rings (SSSR count). The zero-order chi connectivity index (χ0) is 23.7. The third kappa shape index (κ3) is 4.23. The molecule has 0 aliphatic carbocycles. The van der Waals surface area contributed by atoms with Gasteiger partial charge in [-0.1, -0.05) is 18.2 Å². The van der Waals surface area contributed by atoms with Crippen LogP contribution in [0.3, 0.4) is 0 Å². The maximum absolute atomic E-state index is 14.2. The summed E-state index contributed by atoms with van der Waals surface area (Å²) in [5, 5.41) is 8.73. The van der Waals surface area contributed by atoms with Gasteiger partial charge in [-0.05, 0) is 42.5 Å². The van der Waals surface area contributed by atoms with Crippen LogP contribution in [-0.4, -0.2) is 23.4 Å². The molecule has 0 spiro atoms. The summed E-state index contributed by atoms with van der Waals surface area (Å²) < 4.78 is 49.3. The van der Waals surface area contributed by atoms with Crippen LogP contribution in [0.2, 0.25) is 0 Å². The van der Waals surface area contributed by atoms with Crippen LogP contribution in [0.4, 0.5) is 24.5 Å². The average Bonchev–Trinajstić information content (AvgIpc) is 3.22. The van der Waals surface area contributed by atoms with Gasteiger partial charge in [0.25, 0.3) is 5.91 Å². The molecule has 1 N–H and O–H groups in total. The molecule has 4 aromatic rings. The molecule has 0 radical (unpaired) electrons. The predicted octanol–water partition coefficient (Wildman–Crippen LogP) is 5.08. The Bertz CT molecular complexity index is 1490. The van der Waals surface area contributed by atoms with Crippen molar-refractivity contribution >= 4 is 34.8 Å². The Balaban J connectivity index is 1.67. The maximum Gasteiger partial charge on any atom is 0.262 e. The number of benzene rings is 3. The van der Waals surface area contributed by atoms with Gasteiger partial charge in [-0.15, -0.1) is 11.3 Å². The van der Waals surface area contributed by atoms with E-state index in [0.717, 1.165) is 18.3 Å². The number of hydrogen-bond acceptors (Lipinski definition) is 5. The summed E-state index contributed by atoms with van der Waals surface area (Å²) in [6.45, 7) is -0.0744. The molecule has 0 saturated heterocycles. The third-order valence-electron chi connectivity index (χ3n) is 4.96. The molecule has 1 amide bonds. The number of anilines is 1. The van der Waals surface area contributed by atoms with Crippen LogP contribution < -0.4 is 14.9 Å². The lowest BCUT2D eigenvalue weighted by Crippen LogP contribution is -2.25. The number of hydrogen-bond donors (Lipinski definition) is 1. The number of aromatic nitrogens is 1. The molecule has 170 valence electrons. The number of para-hydroxylation sites is 1. The van der Waals surface area contributed by atoms with Crippen molar-refractivity contribution in [2.45, 2.75) is 0 Å². The molecule has 0 unspecified atom stereocenters. The molecule has 0 saturated carbocycles. The Morgan fingerprint density at radius 1 is 1.00 bits per heavy atom. The Morgan fingerprint density at radius 3 is 2.56 bits per heavy atom. The molecular weight excluding hydrogens is 465 g/mol. The summed E-state index contributed by atoms with van der Waals surface area (Å²) in [6, 6.07) is 14.6. The van der Waals surface area contributed by atoms with E-state index in [1.807, 2.05) is 0 Å². The second-order valence-electron chi connectivity index (χ2n) is 7.21. The quantitative estimate of drug-likeness (QED) is 0.414. The summed E-state index contributed by atoms with van der Waals surface area (Å²) in [5.74, 6) is -1.85. The molecule has 1 aliphatic heterocycles. The molecule has 3 aromatic carbocycles. The SMILES string of the molecule is O=C1COc2ccc(-c3csc(=Nc4ccccc4F)n3N=Cc3c(F)cccc3F)cc2N1. The number of nitrogens with zero attached hydrogens (tertiary/aromatic N) is 3. The van der Waals surface area contributed by atoms with E-state index in [0.29, 0.717) is 22.7 Å². The van der Waals surface area contributed by atoms with Crippen LogP contribution in [0.5, 0.6) is 5.75 Å². The minimum atomic E-state index is -0.776. The lowest BCUT2D eigenvalue weighted by molar-refractivity contribution is -0.118. The van der Waals surface area contributed by atoms with Crippen molar-refractivity contribution < 1.29 is 22.7 Å². The van der Waals surface area contributed by atoms with Crippen molar-refractivity contribution in [3.05, 3.63) is 93.9 Å². The number of ether oxygens (including phenoxy) is 1. The molecule has 34 heavy (non-hydrogen) atoms. The second-order valence-corrected chi connectivity index (χ2v) is 8.04. The van der Waals surface area contributed by atoms with Gasteiger partial charge in [0.1, 0.15) is 28.9 Å². The highest BCUT2D eigenvalue weighted by atomic mass is 32.1. The molecule has 0 bridgehead atoms. The molecular formula is C24H15F3N4O2S. The van der Waals surface area contributed by atoms with Crippen LogP contribution in [0.25, 0.3) is 11.3 Å². The second kappa shape index (κ2) is 8.99. The molecule has 0 atom stereocenters. The topological polar surface area (TPSA) is 68.0 Å². The Kier molecular flexibility index (Phi) is 5.72. The average molecular weight is 480 g/mol. The zero-order valence-corrected chi connectivity index (χ0v) is 18.2. The number of fused-ring (bicyclic) bond motifs is 1. The van der Waals surface area contributed by atoms with Crippen LogP contribution >= 0.6 is 11.3 Å². The first-order chi connectivity index (χ1) is 16.5. The summed E-state index contributed by atoms with van der Waals surface area (Å²) in [4.78, 5) is 16.3. The number of thiazole rings is 1. The first-order valence-corrected chi connectivity index (χ1v) is 10.9. The number of carbonyl (C=O) groups is 1. The van der Waals surface area contributed by atoms with E-state index in [1.54, 1.807) is 35.7 Å². The smallest absolute Gasteiger partial charge is 0.262 e. The highest BCUT2D eigenvalue weighted by Crippen LogP contribution is 2.33. The fourth-order valence-corrected chi connectivity index (χ4v) is 4.17. The van der Waals surface area contributed by atoms with E-state index < -0.39 is 17.5 Å². The summed E-state index contributed by atoms with van der Waals surface area (Å²) >= 11 is 1.17. The Labute approximate surface area is 195 Å². The van der Waals surface area contributed by atoms with Gasteiger partial charge in [-0.25, -0.2) is 22.8 Å². The Morgan fingerprint density at radius 2 is 1.76 bits per heavy atom. The van der Waals surface area contributed by atoms with Crippen molar-refractivity contribution in [2.75, 3.05) is 11.9 Å². The molecule has 1 aliphatic rings. The number of halogens is 3. The molecule has 2 heterocycles. The zero-order valence-electron chi connectivity index (χ0n) is 17.3. The van der Waals surface area contributed by atoms with E-state index in [9.17, 15) is 18.0 Å². The van der Waals surface area contributed by atoms with Crippen molar-refractivity contribution in [2.24, 2.45) is 10.1 Å². The fourth-order valence-electron chi connectivity index (χ4n) is 3.32. The minimum Gasteiger partial charge on any atom is -0.482 e. The van der Waals surface area contributed by atoms with Crippen LogP contribution in [0, 0.1) is 17.5 Å². The number of nitrogens with one attached hydrogen (secondary N) is 1. The van der Waals surface area contributed by atoms with E-state index in [1.165, 1.54) is 34.2 Å². The lowest BCUT2D eigenvalue weighted by Gasteiger charge is -2.18. The van der Waals surface area contributed by atoms with Gasteiger partial charge in [-0.3, -0.25) is 4.79 Å². The highest BCUT2D eigenvalue weighted by Gasteiger charge is 2.18. The first-order valence-electron chi connectivity index (χ1n) is 10.0. The number of rotatable bonds is 4. The van der Waals surface area contributed by atoms with Crippen molar-refractivity contribution in [1.82, 2.24) is 4.68 Å². The van der Waals surface area contributed by atoms with Gasteiger partial charge in [0.2, 0.25) is 4.80 Å². The minimum absolute atomic E-state index is 0.0744. The van der Waals surface area contributed by atoms with E-state index in [2.05, 4.69) is 15.4 Å². The van der Waals surface area contributed by atoms with Gasteiger partial charge in [0.15, 0.2) is 6.61 Å². The van der Waals surface area contributed by atoms with Crippen LogP contribution in [-0.2, 0) is 4.79 Å². The van der Waals surface area contributed by atoms with Gasteiger partial charge in [0, 0.05) is 10.9 Å². The van der Waals surface area contributed by atoms with Gasteiger partial charge in [0.05, 0.1) is 23.2 Å². The monoisotopic (exact) mass is 480 g/mol. The summed E-state index contributed by atoms with van der Waals surface area (Å²) in [6.07, 6.45) is 1.05. The molecule has 0 fully saturated rings. The van der Waals surface area contributed by atoms with Gasteiger partial charge >= 0.3 is 0 Å². The van der Waals surface area contributed by atoms with Crippen molar-refractivity contribution in [1.29, 1.82) is 0 Å². The fraction of sp³-hybridized carbons (Fsp3) is 0.0417. The maximum atomic E-state index is 14.2. The standard InChI is InChI=1S/C24H15F3N4O2S/c25-16-5-3-6-17(26)15(16)11-28-31-21(13-34-24(31)30-19-7-2-1-4-18(19)27)14-8-9-22-20(10-14)29-23(32)12-33-22/h1-11,13H,12H2,(H,29,32). The number of carbonyl (C=O) groups excluding carboxylic acids is 1. The van der Waals surface area contributed by atoms with E-state index in [-0.39, 0.29) is 28.6 Å². The van der Waals surface area contributed by atoms with Crippen molar-refractivity contribution in [3.8, 4) is 17.0 Å². The first kappa shape index (κ1) is 21.7. The lowest BCUT2D eigenvalue weighted by atomic mass is 10.1. The van der Waals surface area contributed by atoms with Crippen LogP contribution in [0.15, 0.2) is 76.1 Å². The largest absolute Gasteiger partial charge is 0.482 e. The summed E-state index contributed by atoms with van der Waals surface area (Å²) in [7, 11) is 0. The molecule has 6 nitrogen and oxygen atoms in total. The van der Waals surface area contributed by atoms with E-state index >= 15 is 0 Å². The molecule has 1 aromatic heterocycles. The normalized spacial score (nSPS) is 13.6. The predicted molar refractivity (Wildman–Crippen MR) is 123 cm³/mol. The van der Waals surface area contributed by atoms with Gasteiger partial charge in [-0.2, -0.15) is 5.10 Å².